The highest BCUT2D eigenvalue weighted by molar-refractivity contribution is 6.07. The van der Waals surface area contributed by atoms with E-state index < -0.39 is 0 Å². The lowest BCUT2D eigenvalue weighted by Crippen LogP contribution is -2.25. The van der Waals surface area contributed by atoms with Gasteiger partial charge in [-0.15, -0.1) is 0 Å². The Morgan fingerprint density at radius 3 is 2.29 bits per heavy atom. The SMILES string of the molecule is O=C(NCCCc1ccccc1)c1cc(-c2ccccc2)nc2ccccc12. The first-order valence-corrected chi connectivity index (χ1v) is 9.58. The Morgan fingerprint density at radius 1 is 0.821 bits per heavy atom. The second kappa shape index (κ2) is 8.49. The van der Waals surface area contributed by atoms with Gasteiger partial charge in [-0.1, -0.05) is 78.9 Å². The molecule has 0 atom stereocenters. The molecule has 4 rings (SSSR count). The van der Waals surface area contributed by atoms with Gasteiger partial charge in [-0.25, -0.2) is 4.98 Å². The highest BCUT2D eigenvalue weighted by Crippen LogP contribution is 2.24. The van der Waals surface area contributed by atoms with Crippen LogP contribution in [0.1, 0.15) is 22.3 Å². The van der Waals surface area contributed by atoms with E-state index in [9.17, 15) is 4.79 Å². The Balaban J connectivity index is 1.54. The number of aryl methyl sites for hydroxylation is 1. The molecule has 1 N–H and O–H groups in total. The normalized spacial score (nSPS) is 10.7. The molecule has 1 amide bonds. The molecule has 1 aromatic heterocycles. The fraction of sp³-hybridized carbons (Fsp3) is 0.120. The molecule has 0 unspecified atom stereocenters. The van der Waals surface area contributed by atoms with Crippen molar-refractivity contribution in [1.82, 2.24) is 10.3 Å². The number of nitrogens with zero attached hydrogens (tertiary/aromatic N) is 1. The van der Waals surface area contributed by atoms with Crippen LogP contribution in [0.15, 0.2) is 91.0 Å². The van der Waals surface area contributed by atoms with Gasteiger partial charge < -0.3 is 5.32 Å². The molecule has 0 aliphatic rings. The van der Waals surface area contributed by atoms with Crippen molar-refractivity contribution < 1.29 is 4.79 Å². The number of benzene rings is 3. The molecule has 0 spiro atoms. The molecule has 138 valence electrons. The summed E-state index contributed by atoms with van der Waals surface area (Å²) in [6.07, 6.45) is 1.86. The number of para-hydroxylation sites is 1. The minimum Gasteiger partial charge on any atom is -0.352 e. The lowest BCUT2D eigenvalue weighted by molar-refractivity contribution is 0.0955. The molecular weight excluding hydrogens is 344 g/mol. The summed E-state index contributed by atoms with van der Waals surface area (Å²) in [6, 6.07) is 30.0. The number of rotatable bonds is 6. The molecule has 0 aliphatic carbocycles. The van der Waals surface area contributed by atoms with Crippen molar-refractivity contribution in [2.75, 3.05) is 6.54 Å². The van der Waals surface area contributed by atoms with E-state index in [0.29, 0.717) is 12.1 Å². The number of carbonyl (C=O) groups is 1. The molecule has 0 bridgehead atoms. The largest absolute Gasteiger partial charge is 0.352 e. The van der Waals surface area contributed by atoms with Crippen LogP contribution >= 0.6 is 0 Å². The Bertz CT molecular complexity index is 1080. The van der Waals surface area contributed by atoms with Gasteiger partial charge in [-0.05, 0) is 30.5 Å². The fourth-order valence-corrected chi connectivity index (χ4v) is 3.35. The summed E-state index contributed by atoms with van der Waals surface area (Å²) in [4.78, 5) is 17.7. The predicted octanol–water partition coefficient (Wildman–Crippen LogP) is 5.26. The molecule has 0 saturated carbocycles. The predicted molar refractivity (Wildman–Crippen MR) is 114 cm³/mol. The van der Waals surface area contributed by atoms with Crippen LogP contribution in [0.25, 0.3) is 22.2 Å². The smallest absolute Gasteiger partial charge is 0.252 e. The minimum absolute atomic E-state index is 0.0520. The summed E-state index contributed by atoms with van der Waals surface area (Å²) in [6.45, 7) is 0.644. The molecule has 3 nitrogen and oxygen atoms in total. The Labute approximate surface area is 165 Å². The van der Waals surface area contributed by atoms with Crippen molar-refractivity contribution in [3.05, 3.63) is 102 Å². The van der Waals surface area contributed by atoms with E-state index in [4.69, 9.17) is 4.98 Å². The zero-order chi connectivity index (χ0) is 19.2. The third-order valence-electron chi connectivity index (χ3n) is 4.80. The lowest BCUT2D eigenvalue weighted by atomic mass is 10.0. The van der Waals surface area contributed by atoms with Gasteiger partial charge in [-0.3, -0.25) is 4.79 Å². The number of amides is 1. The number of fused-ring (bicyclic) bond motifs is 1. The van der Waals surface area contributed by atoms with Crippen molar-refractivity contribution in [2.45, 2.75) is 12.8 Å². The van der Waals surface area contributed by atoms with Gasteiger partial charge in [-0.2, -0.15) is 0 Å². The van der Waals surface area contributed by atoms with Gasteiger partial charge in [0.25, 0.3) is 5.91 Å². The fourth-order valence-electron chi connectivity index (χ4n) is 3.35. The average molecular weight is 366 g/mol. The molecule has 3 aromatic carbocycles. The Hall–Kier alpha value is -3.46. The Kier molecular flexibility index (Phi) is 5.43. The maximum Gasteiger partial charge on any atom is 0.252 e. The molecule has 4 aromatic rings. The van der Waals surface area contributed by atoms with E-state index in [0.717, 1.165) is 35.0 Å². The first kappa shape index (κ1) is 17.9. The van der Waals surface area contributed by atoms with E-state index >= 15 is 0 Å². The van der Waals surface area contributed by atoms with Crippen LogP contribution in [0, 0.1) is 0 Å². The van der Waals surface area contributed by atoms with E-state index in [1.807, 2.05) is 78.9 Å². The van der Waals surface area contributed by atoms with E-state index in [-0.39, 0.29) is 5.91 Å². The van der Waals surface area contributed by atoms with Crippen molar-refractivity contribution in [2.24, 2.45) is 0 Å². The molecule has 1 heterocycles. The molecule has 0 saturated heterocycles. The number of aromatic nitrogens is 1. The molecule has 0 aliphatic heterocycles. The number of hydrogen-bond acceptors (Lipinski definition) is 2. The number of hydrogen-bond donors (Lipinski definition) is 1. The lowest BCUT2D eigenvalue weighted by Gasteiger charge is -2.11. The molecule has 3 heteroatoms. The molecule has 28 heavy (non-hydrogen) atoms. The van der Waals surface area contributed by atoms with Gasteiger partial charge in [0.2, 0.25) is 0 Å². The maximum absolute atomic E-state index is 12.9. The van der Waals surface area contributed by atoms with Crippen LogP contribution in [-0.4, -0.2) is 17.4 Å². The quantitative estimate of drug-likeness (QED) is 0.473. The second-order valence-corrected chi connectivity index (χ2v) is 6.78. The number of nitrogens with one attached hydrogen (secondary N) is 1. The zero-order valence-electron chi connectivity index (χ0n) is 15.6. The Morgan fingerprint density at radius 2 is 1.50 bits per heavy atom. The highest BCUT2D eigenvalue weighted by Gasteiger charge is 2.13. The molecular formula is C25H22N2O. The van der Waals surface area contributed by atoms with Crippen molar-refractivity contribution in [3.63, 3.8) is 0 Å². The van der Waals surface area contributed by atoms with Crippen LogP contribution in [0.5, 0.6) is 0 Å². The maximum atomic E-state index is 12.9. The van der Waals surface area contributed by atoms with Crippen LogP contribution in [0.3, 0.4) is 0 Å². The van der Waals surface area contributed by atoms with Crippen LogP contribution in [-0.2, 0) is 6.42 Å². The van der Waals surface area contributed by atoms with Gasteiger partial charge in [0.1, 0.15) is 0 Å². The van der Waals surface area contributed by atoms with Crippen molar-refractivity contribution >= 4 is 16.8 Å². The zero-order valence-corrected chi connectivity index (χ0v) is 15.6. The van der Waals surface area contributed by atoms with E-state index in [2.05, 4.69) is 17.4 Å². The first-order valence-electron chi connectivity index (χ1n) is 9.58. The van der Waals surface area contributed by atoms with Crippen LogP contribution < -0.4 is 5.32 Å². The minimum atomic E-state index is -0.0520. The third-order valence-corrected chi connectivity index (χ3v) is 4.80. The molecule has 0 fully saturated rings. The highest BCUT2D eigenvalue weighted by atomic mass is 16.1. The van der Waals surface area contributed by atoms with E-state index in [1.165, 1.54) is 5.56 Å². The molecule has 0 radical (unpaired) electrons. The van der Waals surface area contributed by atoms with Gasteiger partial charge in [0.05, 0.1) is 16.8 Å². The number of carbonyl (C=O) groups excluding carboxylic acids is 1. The first-order chi connectivity index (χ1) is 13.8. The summed E-state index contributed by atoms with van der Waals surface area (Å²) in [5.41, 5.74) is 4.61. The van der Waals surface area contributed by atoms with Gasteiger partial charge in [0, 0.05) is 17.5 Å². The summed E-state index contributed by atoms with van der Waals surface area (Å²) in [5.74, 6) is -0.0520. The topological polar surface area (TPSA) is 42.0 Å². The van der Waals surface area contributed by atoms with Crippen LogP contribution in [0.4, 0.5) is 0 Å². The summed E-state index contributed by atoms with van der Waals surface area (Å²) >= 11 is 0. The summed E-state index contributed by atoms with van der Waals surface area (Å²) < 4.78 is 0. The standard InChI is InChI=1S/C25H22N2O/c28-25(26-17-9-12-19-10-3-1-4-11-19)22-18-24(20-13-5-2-6-14-20)27-23-16-8-7-15-21(22)23/h1-8,10-11,13-16,18H,9,12,17H2,(H,26,28). The average Bonchev–Trinajstić information content (AvgIpc) is 2.77. The summed E-state index contributed by atoms with van der Waals surface area (Å²) in [7, 11) is 0. The monoisotopic (exact) mass is 366 g/mol. The summed E-state index contributed by atoms with van der Waals surface area (Å²) in [5, 5.41) is 3.95. The van der Waals surface area contributed by atoms with E-state index in [1.54, 1.807) is 0 Å². The van der Waals surface area contributed by atoms with Gasteiger partial charge in [0.15, 0.2) is 0 Å². The number of pyridine rings is 1. The third kappa shape index (κ3) is 4.09. The van der Waals surface area contributed by atoms with Crippen molar-refractivity contribution in [3.8, 4) is 11.3 Å². The van der Waals surface area contributed by atoms with Crippen LogP contribution in [0.2, 0.25) is 0 Å². The second-order valence-electron chi connectivity index (χ2n) is 6.78. The van der Waals surface area contributed by atoms with Crippen molar-refractivity contribution in [1.29, 1.82) is 0 Å². The van der Waals surface area contributed by atoms with Gasteiger partial charge >= 0.3 is 0 Å².